The maximum absolute atomic E-state index is 12.3. The number of methoxy groups -OCH3 is 2. The number of ketones is 1. The van der Waals surface area contributed by atoms with Crippen molar-refractivity contribution in [2.75, 3.05) is 20.8 Å². The first-order chi connectivity index (χ1) is 8.62. The third kappa shape index (κ3) is 2.57. The standard InChI is InChI=1S/C13H16O5/c1-4-18-12(15)13(16-2,17-3)11(14)10-8-6-5-7-9-10/h5-9H,4H2,1-3H3. The van der Waals surface area contributed by atoms with Gasteiger partial charge >= 0.3 is 11.8 Å². The number of carbonyl (C=O) groups excluding carboxylic acids is 2. The molecule has 0 bridgehead atoms. The fourth-order valence-electron chi connectivity index (χ4n) is 1.53. The molecule has 0 radical (unpaired) electrons. The Morgan fingerprint density at radius 1 is 1.11 bits per heavy atom. The van der Waals surface area contributed by atoms with Gasteiger partial charge in [0, 0.05) is 19.8 Å². The van der Waals surface area contributed by atoms with E-state index in [4.69, 9.17) is 14.2 Å². The van der Waals surface area contributed by atoms with E-state index >= 15 is 0 Å². The Kier molecular flexibility index (Phi) is 5.00. The molecule has 0 heterocycles. The van der Waals surface area contributed by atoms with E-state index in [1.54, 1.807) is 37.3 Å². The van der Waals surface area contributed by atoms with Crippen molar-refractivity contribution >= 4 is 11.8 Å². The van der Waals surface area contributed by atoms with Crippen LogP contribution in [0.3, 0.4) is 0 Å². The molecular formula is C13H16O5. The zero-order valence-electron chi connectivity index (χ0n) is 10.6. The lowest BCUT2D eigenvalue weighted by Crippen LogP contribution is -2.51. The van der Waals surface area contributed by atoms with E-state index in [0.29, 0.717) is 5.56 Å². The van der Waals surface area contributed by atoms with Crippen LogP contribution in [0.1, 0.15) is 17.3 Å². The van der Waals surface area contributed by atoms with Crippen molar-refractivity contribution in [3.63, 3.8) is 0 Å². The van der Waals surface area contributed by atoms with Crippen LogP contribution in [0.5, 0.6) is 0 Å². The monoisotopic (exact) mass is 252 g/mol. The summed E-state index contributed by atoms with van der Waals surface area (Å²) in [7, 11) is 2.45. The van der Waals surface area contributed by atoms with Gasteiger partial charge in [0.15, 0.2) is 0 Å². The molecule has 98 valence electrons. The van der Waals surface area contributed by atoms with E-state index in [2.05, 4.69) is 0 Å². The molecule has 0 amide bonds. The van der Waals surface area contributed by atoms with Gasteiger partial charge in [0.25, 0.3) is 0 Å². The maximum atomic E-state index is 12.3. The third-order valence-electron chi connectivity index (χ3n) is 2.45. The van der Waals surface area contributed by atoms with Crippen LogP contribution in [0.2, 0.25) is 0 Å². The lowest BCUT2D eigenvalue weighted by atomic mass is 10.0. The molecular weight excluding hydrogens is 236 g/mol. The molecule has 0 N–H and O–H groups in total. The Labute approximate surface area is 106 Å². The van der Waals surface area contributed by atoms with Crippen molar-refractivity contribution in [1.29, 1.82) is 0 Å². The van der Waals surface area contributed by atoms with E-state index in [9.17, 15) is 9.59 Å². The summed E-state index contributed by atoms with van der Waals surface area (Å²) in [5, 5.41) is 0. The maximum Gasteiger partial charge on any atom is 0.375 e. The van der Waals surface area contributed by atoms with Crippen molar-refractivity contribution in [1.82, 2.24) is 0 Å². The molecule has 0 fully saturated rings. The normalized spacial score (nSPS) is 11.1. The Balaban J connectivity index is 3.12. The SMILES string of the molecule is CCOC(=O)C(OC)(OC)C(=O)c1ccccc1. The molecule has 0 atom stereocenters. The zero-order chi connectivity index (χ0) is 13.6. The topological polar surface area (TPSA) is 61.8 Å². The second kappa shape index (κ2) is 6.28. The highest BCUT2D eigenvalue weighted by Crippen LogP contribution is 2.20. The summed E-state index contributed by atoms with van der Waals surface area (Å²) in [6.45, 7) is 1.77. The Morgan fingerprint density at radius 3 is 2.11 bits per heavy atom. The molecule has 0 aromatic heterocycles. The molecule has 1 aromatic rings. The summed E-state index contributed by atoms with van der Waals surface area (Å²) < 4.78 is 14.8. The molecule has 0 aliphatic rings. The van der Waals surface area contributed by atoms with Crippen LogP contribution in [-0.4, -0.2) is 38.4 Å². The van der Waals surface area contributed by atoms with Crippen LogP contribution < -0.4 is 0 Å². The summed E-state index contributed by atoms with van der Waals surface area (Å²) in [4.78, 5) is 24.1. The van der Waals surface area contributed by atoms with Gasteiger partial charge in [-0.25, -0.2) is 4.79 Å². The minimum absolute atomic E-state index is 0.134. The van der Waals surface area contributed by atoms with Crippen LogP contribution >= 0.6 is 0 Å². The minimum Gasteiger partial charge on any atom is -0.462 e. The second-order valence-corrected chi connectivity index (χ2v) is 3.44. The first-order valence-corrected chi connectivity index (χ1v) is 5.49. The van der Waals surface area contributed by atoms with Crippen LogP contribution in [-0.2, 0) is 19.0 Å². The van der Waals surface area contributed by atoms with Crippen molar-refractivity contribution < 1.29 is 23.8 Å². The predicted octanol–water partition coefficient (Wildman–Crippen LogP) is 1.42. The van der Waals surface area contributed by atoms with Gasteiger partial charge in [-0.3, -0.25) is 4.79 Å². The van der Waals surface area contributed by atoms with Crippen LogP contribution in [0.4, 0.5) is 0 Å². The summed E-state index contributed by atoms with van der Waals surface area (Å²) in [6.07, 6.45) is 0. The van der Waals surface area contributed by atoms with Crippen molar-refractivity contribution in [3.8, 4) is 0 Å². The van der Waals surface area contributed by atoms with Crippen molar-refractivity contribution in [2.45, 2.75) is 12.7 Å². The fourth-order valence-corrected chi connectivity index (χ4v) is 1.53. The molecule has 1 rings (SSSR count). The second-order valence-electron chi connectivity index (χ2n) is 3.44. The molecule has 0 spiro atoms. The van der Waals surface area contributed by atoms with E-state index in [0.717, 1.165) is 0 Å². The van der Waals surface area contributed by atoms with Gasteiger partial charge in [-0.15, -0.1) is 0 Å². The van der Waals surface area contributed by atoms with Gasteiger partial charge in [0.05, 0.1) is 6.61 Å². The highest BCUT2D eigenvalue weighted by atomic mass is 16.7. The Bertz CT molecular complexity index is 409. The largest absolute Gasteiger partial charge is 0.462 e. The van der Waals surface area contributed by atoms with E-state index in [1.165, 1.54) is 14.2 Å². The summed E-state index contributed by atoms with van der Waals surface area (Å²) in [5.74, 6) is -3.49. The first kappa shape index (κ1) is 14.3. The molecule has 5 heteroatoms. The average Bonchev–Trinajstić information content (AvgIpc) is 2.42. The minimum atomic E-state index is -2.04. The number of Topliss-reactive ketones (excluding diaryl/α,β-unsaturated/α-hetero) is 1. The molecule has 0 aliphatic heterocycles. The fraction of sp³-hybridized carbons (Fsp3) is 0.385. The molecule has 0 saturated carbocycles. The summed E-state index contributed by atoms with van der Waals surface area (Å²) in [5.41, 5.74) is 0.314. The molecule has 0 unspecified atom stereocenters. The van der Waals surface area contributed by atoms with Crippen molar-refractivity contribution in [2.24, 2.45) is 0 Å². The van der Waals surface area contributed by atoms with E-state index < -0.39 is 17.5 Å². The van der Waals surface area contributed by atoms with Gasteiger partial charge < -0.3 is 14.2 Å². The van der Waals surface area contributed by atoms with E-state index in [1.807, 2.05) is 0 Å². The number of hydrogen-bond donors (Lipinski definition) is 0. The van der Waals surface area contributed by atoms with Crippen LogP contribution in [0.25, 0.3) is 0 Å². The molecule has 0 saturated heterocycles. The molecule has 1 aromatic carbocycles. The lowest BCUT2D eigenvalue weighted by molar-refractivity contribution is -0.208. The summed E-state index contributed by atoms with van der Waals surface area (Å²) >= 11 is 0. The predicted molar refractivity (Wildman–Crippen MR) is 64.2 cm³/mol. The Hall–Kier alpha value is -1.72. The highest BCUT2D eigenvalue weighted by molar-refractivity contribution is 6.14. The third-order valence-corrected chi connectivity index (χ3v) is 2.45. The summed E-state index contributed by atoms with van der Waals surface area (Å²) in [6, 6.07) is 8.30. The number of carbonyl (C=O) groups is 2. The number of rotatable bonds is 6. The van der Waals surface area contributed by atoms with Gasteiger partial charge in [-0.1, -0.05) is 30.3 Å². The van der Waals surface area contributed by atoms with Crippen LogP contribution in [0, 0.1) is 0 Å². The first-order valence-electron chi connectivity index (χ1n) is 5.49. The lowest BCUT2D eigenvalue weighted by Gasteiger charge is -2.26. The number of hydrogen-bond acceptors (Lipinski definition) is 5. The van der Waals surface area contributed by atoms with Gasteiger partial charge in [-0.2, -0.15) is 0 Å². The molecule has 18 heavy (non-hydrogen) atoms. The van der Waals surface area contributed by atoms with Gasteiger partial charge in [0.1, 0.15) is 0 Å². The van der Waals surface area contributed by atoms with Gasteiger partial charge in [0.2, 0.25) is 5.78 Å². The average molecular weight is 252 g/mol. The number of ether oxygens (including phenoxy) is 3. The molecule has 0 aliphatic carbocycles. The quantitative estimate of drug-likeness (QED) is 0.331. The zero-order valence-corrected chi connectivity index (χ0v) is 10.6. The van der Waals surface area contributed by atoms with Gasteiger partial charge in [-0.05, 0) is 6.92 Å². The van der Waals surface area contributed by atoms with E-state index in [-0.39, 0.29) is 6.61 Å². The number of benzene rings is 1. The number of esters is 1. The van der Waals surface area contributed by atoms with Crippen molar-refractivity contribution in [3.05, 3.63) is 35.9 Å². The smallest absolute Gasteiger partial charge is 0.375 e. The highest BCUT2D eigenvalue weighted by Gasteiger charge is 2.49. The molecule has 5 nitrogen and oxygen atoms in total. The van der Waals surface area contributed by atoms with Crippen LogP contribution in [0.15, 0.2) is 30.3 Å². The Morgan fingerprint density at radius 2 is 1.67 bits per heavy atom.